The maximum atomic E-state index is 11.9. The van der Waals surface area contributed by atoms with E-state index >= 15 is 0 Å². The van der Waals surface area contributed by atoms with Gasteiger partial charge < -0.3 is 5.32 Å². The molecule has 1 amide bonds. The number of amides is 1. The zero-order valence-electron chi connectivity index (χ0n) is 12.9. The van der Waals surface area contributed by atoms with Crippen molar-refractivity contribution < 1.29 is 4.79 Å². The average Bonchev–Trinajstić information content (AvgIpc) is 2.61. The van der Waals surface area contributed by atoms with Crippen LogP contribution in [0.4, 0.5) is 0 Å². The smallest absolute Gasteiger partial charge is 0.230 e. The van der Waals surface area contributed by atoms with E-state index < -0.39 is 0 Å². The first kappa shape index (κ1) is 15.6. The molecule has 3 aromatic carbocycles. The summed E-state index contributed by atoms with van der Waals surface area (Å²) >= 11 is 1.65. The maximum Gasteiger partial charge on any atom is 0.230 e. The Morgan fingerprint density at radius 3 is 2.48 bits per heavy atom. The van der Waals surface area contributed by atoms with Gasteiger partial charge in [0, 0.05) is 12.3 Å². The predicted octanol–water partition coefficient (Wildman–Crippen LogP) is 4.39. The van der Waals surface area contributed by atoms with Gasteiger partial charge in [-0.3, -0.25) is 4.79 Å². The van der Waals surface area contributed by atoms with Gasteiger partial charge in [0.05, 0.1) is 5.75 Å². The summed E-state index contributed by atoms with van der Waals surface area (Å²) in [5, 5.41) is 5.48. The van der Waals surface area contributed by atoms with Gasteiger partial charge in [-0.2, -0.15) is 0 Å². The highest BCUT2D eigenvalue weighted by atomic mass is 32.2. The molecule has 0 unspecified atom stereocenters. The lowest BCUT2D eigenvalue weighted by Crippen LogP contribution is -2.24. The normalized spacial score (nSPS) is 10.6. The number of carbonyl (C=O) groups is 1. The molecule has 0 atom stereocenters. The van der Waals surface area contributed by atoms with E-state index in [-0.39, 0.29) is 5.91 Å². The Labute approximate surface area is 140 Å². The van der Waals surface area contributed by atoms with E-state index in [2.05, 4.69) is 47.8 Å². The largest absolute Gasteiger partial charge is 0.351 e. The van der Waals surface area contributed by atoms with Gasteiger partial charge in [-0.15, -0.1) is 11.8 Å². The van der Waals surface area contributed by atoms with Crippen LogP contribution in [0.3, 0.4) is 0 Å². The highest BCUT2D eigenvalue weighted by molar-refractivity contribution is 7.99. The van der Waals surface area contributed by atoms with Gasteiger partial charge in [0.15, 0.2) is 0 Å². The molecule has 116 valence electrons. The fourth-order valence-corrected chi connectivity index (χ4v) is 3.38. The number of fused-ring (bicyclic) bond motifs is 1. The zero-order valence-corrected chi connectivity index (χ0v) is 13.7. The summed E-state index contributed by atoms with van der Waals surface area (Å²) in [4.78, 5) is 11.9. The second-order valence-corrected chi connectivity index (χ2v) is 6.38. The van der Waals surface area contributed by atoms with Crippen molar-refractivity contribution in [3.63, 3.8) is 0 Å². The monoisotopic (exact) mass is 321 g/mol. The topological polar surface area (TPSA) is 29.1 Å². The number of nitrogens with one attached hydrogen (secondary N) is 1. The molecule has 3 heteroatoms. The average molecular weight is 321 g/mol. The minimum Gasteiger partial charge on any atom is -0.351 e. The SMILES string of the molecule is O=C(CSCc1cccc2ccccc12)NCc1ccccc1. The molecule has 0 aliphatic rings. The van der Waals surface area contributed by atoms with Crippen LogP contribution in [0, 0.1) is 0 Å². The van der Waals surface area contributed by atoms with Crippen molar-refractivity contribution in [1.82, 2.24) is 5.32 Å². The third-order valence-corrected chi connectivity index (χ3v) is 4.68. The standard InChI is InChI=1S/C20H19NOS/c22-20(21-13-16-7-2-1-3-8-16)15-23-14-18-11-6-10-17-9-4-5-12-19(17)18/h1-12H,13-15H2,(H,21,22). The molecule has 0 radical (unpaired) electrons. The molecule has 3 aromatic rings. The lowest BCUT2D eigenvalue weighted by molar-refractivity contribution is -0.118. The fourth-order valence-electron chi connectivity index (χ4n) is 2.52. The van der Waals surface area contributed by atoms with Crippen molar-refractivity contribution in [3.05, 3.63) is 83.9 Å². The van der Waals surface area contributed by atoms with Gasteiger partial charge in [-0.05, 0) is 21.9 Å². The van der Waals surface area contributed by atoms with E-state index in [9.17, 15) is 4.79 Å². The molecule has 2 nitrogen and oxygen atoms in total. The highest BCUT2D eigenvalue weighted by Gasteiger charge is 2.04. The summed E-state index contributed by atoms with van der Waals surface area (Å²) in [5.74, 6) is 1.41. The van der Waals surface area contributed by atoms with Crippen LogP contribution in [0.1, 0.15) is 11.1 Å². The van der Waals surface area contributed by atoms with Crippen LogP contribution in [0.5, 0.6) is 0 Å². The maximum absolute atomic E-state index is 11.9. The lowest BCUT2D eigenvalue weighted by Gasteiger charge is -2.07. The third-order valence-electron chi connectivity index (χ3n) is 3.70. The summed E-state index contributed by atoms with van der Waals surface area (Å²) in [6.45, 7) is 0.592. The first-order chi connectivity index (χ1) is 11.3. The van der Waals surface area contributed by atoms with Gasteiger partial charge in [0.1, 0.15) is 0 Å². The van der Waals surface area contributed by atoms with Crippen LogP contribution in [0.25, 0.3) is 10.8 Å². The molecule has 0 aromatic heterocycles. The van der Waals surface area contributed by atoms with E-state index in [0.717, 1.165) is 11.3 Å². The lowest BCUT2D eigenvalue weighted by atomic mass is 10.1. The van der Waals surface area contributed by atoms with Crippen LogP contribution in [-0.2, 0) is 17.1 Å². The Bertz CT molecular complexity index is 781. The van der Waals surface area contributed by atoms with Crippen LogP contribution in [0.2, 0.25) is 0 Å². The number of benzene rings is 3. The second kappa shape index (κ2) is 7.84. The van der Waals surface area contributed by atoms with Crippen molar-refractivity contribution in [1.29, 1.82) is 0 Å². The highest BCUT2D eigenvalue weighted by Crippen LogP contribution is 2.22. The molecule has 0 saturated carbocycles. The van der Waals surface area contributed by atoms with Gasteiger partial charge in [-0.25, -0.2) is 0 Å². The third kappa shape index (κ3) is 4.36. The first-order valence-corrected chi connectivity index (χ1v) is 8.83. The summed E-state index contributed by atoms with van der Waals surface area (Å²) in [5.41, 5.74) is 2.41. The van der Waals surface area contributed by atoms with Crippen LogP contribution < -0.4 is 5.32 Å². The summed E-state index contributed by atoms with van der Waals surface area (Å²) in [7, 11) is 0. The van der Waals surface area contributed by atoms with Crippen molar-refractivity contribution in [2.24, 2.45) is 0 Å². The Balaban J connectivity index is 1.50. The molecule has 0 spiro atoms. The molecule has 0 bridgehead atoms. The van der Waals surface area contributed by atoms with Gasteiger partial charge >= 0.3 is 0 Å². The minimum absolute atomic E-state index is 0.0825. The molecule has 0 heterocycles. The molecule has 0 aliphatic carbocycles. The quantitative estimate of drug-likeness (QED) is 0.729. The van der Waals surface area contributed by atoms with E-state index in [1.54, 1.807) is 11.8 Å². The van der Waals surface area contributed by atoms with Crippen molar-refractivity contribution >= 4 is 28.4 Å². The zero-order chi connectivity index (χ0) is 15.9. The number of hydrogen-bond acceptors (Lipinski definition) is 2. The summed E-state index contributed by atoms with van der Waals surface area (Å²) in [6, 6.07) is 24.7. The van der Waals surface area contributed by atoms with E-state index in [0.29, 0.717) is 12.3 Å². The molecule has 0 saturated heterocycles. The molecular weight excluding hydrogens is 302 g/mol. The first-order valence-electron chi connectivity index (χ1n) is 7.68. The number of hydrogen-bond donors (Lipinski definition) is 1. The second-order valence-electron chi connectivity index (χ2n) is 5.39. The Morgan fingerprint density at radius 1 is 0.870 bits per heavy atom. The number of rotatable bonds is 6. The van der Waals surface area contributed by atoms with Crippen molar-refractivity contribution in [2.45, 2.75) is 12.3 Å². The van der Waals surface area contributed by atoms with E-state index in [4.69, 9.17) is 0 Å². The van der Waals surface area contributed by atoms with Crippen LogP contribution in [-0.4, -0.2) is 11.7 Å². The Kier molecular flexibility index (Phi) is 5.33. The molecule has 0 fully saturated rings. The molecule has 23 heavy (non-hydrogen) atoms. The Hall–Kier alpha value is -2.26. The van der Waals surface area contributed by atoms with Gasteiger partial charge in [0.25, 0.3) is 0 Å². The minimum atomic E-state index is 0.0825. The predicted molar refractivity (Wildman–Crippen MR) is 98.4 cm³/mol. The van der Waals surface area contributed by atoms with Crippen LogP contribution in [0.15, 0.2) is 72.8 Å². The molecule has 3 rings (SSSR count). The van der Waals surface area contributed by atoms with Crippen molar-refractivity contribution in [2.75, 3.05) is 5.75 Å². The number of carbonyl (C=O) groups excluding carboxylic acids is 1. The molecule has 0 aliphatic heterocycles. The fraction of sp³-hybridized carbons (Fsp3) is 0.150. The summed E-state index contributed by atoms with van der Waals surface area (Å²) < 4.78 is 0. The van der Waals surface area contributed by atoms with E-state index in [1.165, 1.54) is 16.3 Å². The number of thioether (sulfide) groups is 1. The molecule has 1 N–H and O–H groups in total. The van der Waals surface area contributed by atoms with Gasteiger partial charge in [0.2, 0.25) is 5.91 Å². The van der Waals surface area contributed by atoms with E-state index in [1.807, 2.05) is 30.3 Å². The Morgan fingerprint density at radius 2 is 1.61 bits per heavy atom. The van der Waals surface area contributed by atoms with Crippen LogP contribution >= 0.6 is 11.8 Å². The summed E-state index contributed by atoms with van der Waals surface area (Å²) in [6.07, 6.45) is 0. The van der Waals surface area contributed by atoms with Gasteiger partial charge in [-0.1, -0.05) is 72.8 Å². The van der Waals surface area contributed by atoms with Crippen molar-refractivity contribution in [3.8, 4) is 0 Å². The molecular formula is C20H19NOS.